The second kappa shape index (κ2) is 9.11. The summed E-state index contributed by atoms with van der Waals surface area (Å²) in [5.74, 6) is 2.13. The zero-order valence-corrected chi connectivity index (χ0v) is 18.6. The number of hydrogen-bond donors (Lipinski definition) is 1. The molecule has 1 aromatic heterocycles. The summed E-state index contributed by atoms with van der Waals surface area (Å²) in [5.41, 5.74) is 1.78. The molecule has 0 bridgehead atoms. The third-order valence-electron chi connectivity index (χ3n) is 5.36. The van der Waals surface area contributed by atoms with Gasteiger partial charge in [0.05, 0.1) is 24.1 Å². The number of nitrogens with one attached hydrogen (secondary N) is 1. The fourth-order valence-corrected chi connectivity index (χ4v) is 5.28. The number of fused-ring (bicyclic) bond motifs is 1. The molecule has 0 radical (unpaired) electrons. The predicted octanol–water partition coefficient (Wildman–Crippen LogP) is 4.04. The summed E-state index contributed by atoms with van der Waals surface area (Å²) < 4.78 is 38.1. The lowest BCUT2D eigenvalue weighted by Gasteiger charge is -2.16. The quantitative estimate of drug-likeness (QED) is 0.568. The Kier molecular flexibility index (Phi) is 6.29. The molecule has 1 fully saturated rings. The van der Waals surface area contributed by atoms with Crippen LogP contribution in [0.5, 0.6) is 11.5 Å². The lowest BCUT2D eigenvalue weighted by molar-refractivity contribution is 0.310. The van der Waals surface area contributed by atoms with Crippen molar-refractivity contribution in [1.82, 2.24) is 9.29 Å². The Labute approximate surface area is 183 Å². The molecule has 2 aromatic carbocycles. The molecule has 1 saturated heterocycles. The Bertz CT molecular complexity index is 1170. The molecule has 31 heavy (non-hydrogen) atoms. The monoisotopic (exact) mass is 441 g/mol. The minimum absolute atomic E-state index is 0.325. The smallest absolute Gasteiger partial charge is 0.243 e. The summed E-state index contributed by atoms with van der Waals surface area (Å²) in [6, 6.07) is 14.7. The standard InChI is InChI=1S/C23H27N3O4S/c1-3-30-21-10-6-17(14-22(21)29-2)16-24-23-11-7-18-15-19(8-9-20(18)25-23)31(27,28)26-12-4-5-13-26/h6-11,14-15H,3-5,12-13,16H2,1-2H3,(H,24,25). The van der Waals surface area contributed by atoms with Crippen LogP contribution in [0.1, 0.15) is 25.3 Å². The van der Waals surface area contributed by atoms with E-state index in [0.29, 0.717) is 36.9 Å². The highest BCUT2D eigenvalue weighted by molar-refractivity contribution is 7.89. The van der Waals surface area contributed by atoms with Crippen molar-refractivity contribution in [3.8, 4) is 11.5 Å². The van der Waals surface area contributed by atoms with E-state index in [0.717, 1.165) is 40.9 Å². The molecular formula is C23H27N3O4S. The van der Waals surface area contributed by atoms with Gasteiger partial charge in [-0.1, -0.05) is 6.07 Å². The summed E-state index contributed by atoms with van der Waals surface area (Å²) in [6.45, 7) is 4.28. The highest BCUT2D eigenvalue weighted by atomic mass is 32.2. The van der Waals surface area contributed by atoms with E-state index in [1.807, 2.05) is 37.3 Å². The van der Waals surface area contributed by atoms with Crippen LogP contribution in [-0.2, 0) is 16.6 Å². The number of ether oxygens (including phenoxy) is 2. The minimum Gasteiger partial charge on any atom is -0.493 e. The summed E-state index contributed by atoms with van der Waals surface area (Å²) in [4.78, 5) is 4.95. The predicted molar refractivity (Wildman–Crippen MR) is 121 cm³/mol. The summed E-state index contributed by atoms with van der Waals surface area (Å²) in [5, 5.41) is 4.11. The Balaban J connectivity index is 1.50. The maximum absolute atomic E-state index is 12.8. The summed E-state index contributed by atoms with van der Waals surface area (Å²) in [7, 11) is -1.81. The zero-order chi connectivity index (χ0) is 21.8. The van der Waals surface area contributed by atoms with E-state index in [-0.39, 0.29) is 0 Å². The van der Waals surface area contributed by atoms with Gasteiger partial charge in [0.15, 0.2) is 11.5 Å². The van der Waals surface area contributed by atoms with Crippen molar-refractivity contribution in [1.29, 1.82) is 0 Å². The van der Waals surface area contributed by atoms with Crippen LogP contribution in [0.2, 0.25) is 0 Å². The molecule has 0 aliphatic carbocycles. The van der Waals surface area contributed by atoms with Gasteiger partial charge in [0, 0.05) is 25.0 Å². The molecule has 0 spiro atoms. The van der Waals surface area contributed by atoms with E-state index in [1.54, 1.807) is 29.6 Å². The first kappa shape index (κ1) is 21.4. The van der Waals surface area contributed by atoms with Gasteiger partial charge in [-0.05, 0) is 67.8 Å². The molecule has 0 saturated carbocycles. The lowest BCUT2D eigenvalue weighted by Crippen LogP contribution is -2.27. The SMILES string of the molecule is CCOc1ccc(CNc2ccc3cc(S(=O)(=O)N4CCCC4)ccc3n2)cc1OC. The van der Waals surface area contributed by atoms with Crippen molar-refractivity contribution < 1.29 is 17.9 Å². The molecule has 1 N–H and O–H groups in total. The van der Waals surface area contributed by atoms with Gasteiger partial charge in [-0.15, -0.1) is 0 Å². The zero-order valence-electron chi connectivity index (χ0n) is 17.8. The number of nitrogens with zero attached hydrogens (tertiary/aromatic N) is 2. The van der Waals surface area contributed by atoms with Gasteiger partial charge in [-0.25, -0.2) is 13.4 Å². The average Bonchev–Trinajstić information content (AvgIpc) is 3.34. The minimum atomic E-state index is -3.43. The van der Waals surface area contributed by atoms with E-state index in [9.17, 15) is 8.42 Å². The Morgan fingerprint density at radius 2 is 1.84 bits per heavy atom. The summed E-state index contributed by atoms with van der Waals surface area (Å²) >= 11 is 0. The van der Waals surface area contributed by atoms with Crippen molar-refractivity contribution in [2.24, 2.45) is 0 Å². The van der Waals surface area contributed by atoms with Crippen molar-refractivity contribution >= 4 is 26.7 Å². The normalized spacial score (nSPS) is 14.6. The molecule has 4 rings (SSSR count). The van der Waals surface area contributed by atoms with Crippen LogP contribution in [0.4, 0.5) is 5.82 Å². The summed E-state index contributed by atoms with van der Waals surface area (Å²) in [6.07, 6.45) is 1.84. The number of hydrogen-bond acceptors (Lipinski definition) is 6. The molecule has 164 valence electrons. The van der Waals surface area contributed by atoms with Crippen LogP contribution < -0.4 is 14.8 Å². The first-order valence-electron chi connectivity index (χ1n) is 10.5. The maximum atomic E-state index is 12.8. The van der Waals surface area contributed by atoms with Crippen LogP contribution in [0.3, 0.4) is 0 Å². The Morgan fingerprint density at radius 1 is 1.03 bits per heavy atom. The molecular weight excluding hydrogens is 414 g/mol. The van der Waals surface area contributed by atoms with E-state index in [2.05, 4.69) is 10.3 Å². The lowest BCUT2D eigenvalue weighted by atomic mass is 10.2. The Morgan fingerprint density at radius 3 is 2.58 bits per heavy atom. The van der Waals surface area contributed by atoms with Gasteiger partial charge in [0.2, 0.25) is 10.0 Å². The van der Waals surface area contributed by atoms with Gasteiger partial charge in [-0.2, -0.15) is 4.31 Å². The van der Waals surface area contributed by atoms with Crippen molar-refractivity contribution in [2.45, 2.75) is 31.2 Å². The molecule has 3 aromatic rings. The Hall–Kier alpha value is -2.84. The molecule has 0 amide bonds. The number of pyridine rings is 1. The van der Waals surface area contributed by atoms with Gasteiger partial charge in [0.1, 0.15) is 5.82 Å². The van der Waals surface area contributed by atoms with Crippen molar-refractivity contribution in [2.75, 3.05) is 32.1 Å². The highest BCUT2D eigenvalue weighted by Gasteiger charge is 2.27. The molecule has 2 heterocycles. The average molecular weight is 442 g/mol. The van der Waals surface area contributed by atoms with Crippen LogP contribution in [0.25, 0.3) is 10.9 Å². The largest absolute Gasteiger partial charge is 0.493 e. The number of aromatic nitrogens is 1. The van der Waals surface area contributed by atoms with E-state index in [1.165, 1.54) is 0 Å². The molecule has 0 atom stereocenters. The van der Waals surface area contributed by atoms with Crippen LogP contribution in [0, 0.1) is 0 Å². The fourth-order valence-electron chi connectivity index (χ4n) is 3.73. The number of anilines is 1. The molecule has 0 unspecified atom stereocenters. The van der Waals surface area contributed by atoms with Gasteiger partial charge >= 0.3 is 0 Å². The van der Waals surface area contributed by atoms with E-state index < -0.39 is 10.0 Å². The topological polar surface area (TPSA) is 80.8 Å². The second-order valence-corrected chi connectivity index (χ2v) is 9.37. The molecule has 1 aliphatic heterocycles. The molecule has 8 heteroatoms. The number of rotatable bonds is 8. The first-order valence-corrected chi connectivity index (χ1v) is 11.9. The number of sulfonamides is 1. The van der Waals surface area contributed by atoms with Crippen molar-refractivity contribution in [3.63, 3.8) is 0 Å². The fraction of sp³-hybridized carbons (Fsp3) is 0.348. The highest BCUT2D eigenvalue weighted by Crippen LogP contribution is 2.29. The second-order valence-electron chi connectivity index (χ2n) is 7.43. The number of methoxy groups -OCH3 is 1. The maximum Gasteiger partial charge on any atom is 0.243 e. The van der Waals surface area contributed by atoms with E-state index >= 15 is 0 Å². The van der Waals surface area contributed by atoms with E-state index in [4.69, 9.17) is 9.47 Å². The molecule has 1 aliphatic rings. The van der Waals surface area contributed by atoms with Crippen LogP contribution in [-0.4, -0.2) is 44.5 Å². The van der Waals surface area contributed by atoms with Crippen LogP contribution >= 0.6 is 0 Å². The molecule has 7 nitrogen and oxygen atoms in total. The van der Waals surface area contributed by atoms with Crippen LogP contribution in [0.15, 0.2) is 53.4 Å². The number of benzene rings is 2. The third-order valence-corrected chi connectivity index (χ3v) is 7.26. The van der Waals surface area contributed by atoms with Gasteiger partial charge < -0.3 is 14.8 Å². The third kappa shape index (κ3) is 4.60. The first-order chi connectivity index (χ1) is 15.0. The van der Waals surface area contributed by atoms with Gasteiger partial charge in [0.25, 0.3) is 0 Å². The van der Waals surface area contributed by atoms with Crippen molar-refractivity contribution in [3.05, 3.63) is 54.1 Å². The van der Waals surface area contributed by atoms with Gasteiger partial charge in [-0.3, -0.25) is 0 Å².